The summed E-state index contributed by atoms with van der Waals surface area (Å²) in [6.45, 7) is 9.38. The van der Waals surface area contributed by atoms with E-state index in [-0.39, 0.29) is 5.75 Å². The van der Waals surface area contributed by atoms with Crippen molar-refractivity contribution in [3.63, 3.8) is 0 Å². The molecule has 3 N–H and O–H groups in total. The quantitative estimate of drug-likeness (QED) is 0.716. The van der Waals surface area contributed by atoms with Gasteiger partial charge in [-0.1, -0.05) is 26.7 Å². The normalized spacial score (nSPS) is 17.1. The van der Waals surface area contributed by atoms with E-state index in [1.54, 1.807) is 6.07 Å². The molecular weight excluding hydrogens is 315 g/mol. The maximum absolute atomic E-state index is 13.2. The molecule has 138 valence electrons. The van der Waals surface area contributed by atoms with Crippen LogP contribution in [0.3, 0.4) is 0 Å². The van der Waals surface area contributed by atoms with Crippen molar-refractivity contribution in [1.82, 2.24) is 4.90 Å². The van der Waals surface area contributed by atoms with Crippen molar-refractivity contribution in [2.75, 3.05) is 6.54 Å². The second kappa shape index (κ2) is 8.41. The Hall–Kier alpha value is -1.97. The number of rotatable bonds is 7. The molecule has 0 aromatic heterocycles. The van der Waals surface area contributed by atoms with E-state index in [0.717, 1.165) is 48.0 Å². The van der Waals surface area contributed by atoms with Crippen LogP contribution in [-0.4, -0.2) is 22.6 Å². The van der Waals surface area contributed by atoms with Gasteiger partial charge in [-0.05, 0) is 62.0 Å². The lowest BCUT2D eigenvalue weighted by Gasteiger charge is -2.30. The van der Waals surface area contributed by atoms with E-state index < -0.39 is 5.82 Å². The molecule has 3 nitrogen and oxygen atoms in total. The molecule has 0 fully saturated rings. The molecule has 1 aromatic carbocycles. The molecule has 1 aliphatic heterocycles. The fourth-order valence-electron chi connectivity index (χ4n) is 3.68. The molecule has 2 rings (SSSR count). The van der Waals surface area contributed by atoms with Gasteiger partial charge in [-0.2, -0.15) is 0 Å². The van der Waals surface area contributed by atoms with E-state index in [0.29, 0.717) is 11.6 Å². The molecule has 0 radical (unpaired) electrons. The SMILES string of the molecule is CCCC[C@@H](CC)N1CCC(/C(C)=C(\C)c2ccc(F)cc2O)=C1N. The molecule has 1 aliphatic rings. The highest BCUT2D eigenvalue weighted by Crippen LogP contribution is 2.35. The van der Waals surface area contributed by atoms with Crippen LogP contribution < -0.4 is 5.73 Å². The molecule has 1 heterocycles. The van der Waals surface area contributed by atoms with E-state index >= 15 is 0 Å². The standard InChI is InChI=1S/C21H31FN2O/c1-5-7-8-17(6-2)24-12-11-19(21(24)23)15(4)14(3)18-10-9-16(22)13-20(18)25/h9-10,13,17,25H,5-8,11-12,23H2,1-4H3/b15-14+/t17-/m1/s1. The Morgan fingerprint density at radius 2 is 2.00 bits per heavy atom. The number of nitrogens with two attached hydrogens (primary N) is 1. The first-order chi connectivity index (χ1) is 11.9. The van der Waals surface area contributed by atoms with Crippen molar-refractivity contribution in [2.45, 2.75) is 65.8 Å². The van der Waals surface area contributed by atoms with E-state index in [4.69, 9.17) is 5.73 Å². The molecule has 0 spiro atoms. The summed E-state index contributed by atoms with van der Waals surface area (Å²) in [6.07, 6.45) is 5.59. The van der Waals surface area contributed by atoms with E-state index in [1.165, 1.54) is 25.3 Å². The first-order valence-electron chi connectivity index (χ1n) is 9.32. The van der Waals surface area contributed by atoms with Gasteiger partial charge in [0.05, 0.1) is 0 Å². The van der Waals surface area contributed by atoms with Crippen LogP contribution in [0.4, 0.5) is 4.39 Å². The van der Waals surface area contributed by atoms with Crippen LogP contribution in [-0.2, 0) is 0 Å². The molecule has 0 aliphatic carbocycles. The lowest BCUT2D eigenvalue weighted by molar-refractivity contribution is 0.246. The van der Waals surface area contributed by atoms with Gasteiger partial charge in [0.1, 0.15) is 17.4 Å². The number of aromatic hydroxyl groups is 1. The fourth-order valence-corrected chi connectivity index (χ4v) is 3.68. The third-order valence-corrected chi connectivity index (χ3v) is 5.40. The number of unbranched alkanes of at least 4 members (excludes halogenated alkanes) is 1. The number of phenolic OH excluding ortho intramolecular Hbond substituents is 1. The molecule has 0 amide bonds. The summed E-state index contributed by atoms with van der Waals surface area (Å²) < 4.78 is 13.2. The lowest BCUT2D eigenvalue weighted by atomic mass is 9.95. The third-order valence-electron chi connectivity index (χ3n) is 5.40. The lowest BCUT2D eigenvalue weighted by Crippen LogP contribution is -2.35. The van der Waals surface area contributed by atoms with Crippen molar-refractivity contribution in [2.24, 2.45) is 5.73 Å². The summed E-state index contributed by atoms with van der Waals surface area (Å²) in [7, 11) is 0. The molecule has 1 aromatic rings. The fraction of sp³-hybridized carbons (Fsp3) is 0.524. The van der Waals surface area contributed by atoms with Gasteiger partial charge in [0, 0.05) is 24.2 Å². The van der Waals surface area contributed by atoms with E-state index in [9.17, 15) is 9.50 Å². The summed E-state index contributed by atoms with van der Waals surface area (Å²) in [6, 6.07) is 4.65. The van der Waals surface area contributed by atoms with Crippen molar-refractivity contribution in [3.8, 4) is 5.75 Å². The number of phenols is 1. The van der Waals surface area contributed by atoms with Gasteiger partial charge in [0.25, 0.3) is 0 Å². The zero-order chi connectivity index (χ0) is 18.6. The highest BCUT2D eigenvalue weighted by atomic mass is 19.1. The van der Waals surface area contributed by atoms with Gasteiger partial charge in [-0.25, -0.2) is 4.39 Å². The van der Waals surface area contributed by atoms with Gasteiger partial charge in [-0.15, -0.1) is 0 Å². The largest absolute Gasteiger partial charge is 0.507 e. The number of benzene rings is 1. The Balaban J connectivity index is 2.32. The number of allylic oxidation sites excluding steroid dienone is 2. The number of halogens is 1. The van der Waals surface area contributed by atoms with Crippen LogP contribution in [0, 0.1) is 5.82 Å². The molecule has 1 atom stereocenters. The highest BCUT2D eigenvalue weighted by molar-refractivity contribution is 5.74. The molecule has 0 saturated heterocycles. The smallest absolute Gasteiger partial charge is 0.126 e. The van der Waals surface area contributed by atoms with Crippen molar-refractivity contribution in [1.29, 1.82) is 0 Å². The maximum Gasteiger partial charge on any atom is 0.126 e. The molecular formula is C21H31FN2O. The Bertz CT molecular complexity index is 678. The molecule has 4 heteroatoms. The molecule has 0 unspecified atom stereocenters. The van der Waals surface area contributed by atoms with Crippen LogP contribution in [0.5, 0.6) is 5.75 Å². The van der Waals surface area contributed by atoms with E-state index in [2.05, 4.69) is 18.7 Å². The number of hydrogen-bond donors (Lipinski definition) is 2. The van der Waals surface area contributed by atoms with Gasteiger partial charge < -0.3 is 15.7 Å². The Kier molecular flexibility index (Phi) is 6.51. The summed E-state index contributed by atoms with van der Waals surface area (Å²) in [5, 5.41) is 10.1. The number of nitrogens with zero attached hydrogens (tertiary/aromatic N) is 1. The molecule has 0 saturated carbocycles. The monoisotopic (exact) mass is 346 g/mol. The second-order valence-electron chi connectivity index (χ2n) is 6.92. The number of hydrogen-bond acceptors (Lipinski definition) is 3. The van der Waals surface area contributed by atoms with Crippen molar-refractivity contribution >= 4 is 5.57 Å². The average Bonchev–Trinajstić information content (AvgIpc) is 2.96. The summed E-state index contributed by atoms with van der Waals surface area (Å²) in [5.74, 6) is 0.404. The minimum absolute atomic E-state index is 0.0275. The summed E-state index contributed by atoms with van der Waals surface area (Å²) in [5.41, 5.74) is 10.3. The van der Waals surface area contributed by atoms with Crippen LogP contribution in [0.25, 0.3) is 5.57 Å². The first-order valence-corrected chi connectivity index (χ1v) is 9.32. The molecule has 25 heavy (non-hydrogen) atoms. The predicted molar refractivity (Wildman–Crippen MR) is 102 cm³/mol. The zero-order valence-electron chi connectivity index (χ0n) is 15.9. The van der Waals surface area contributed by atoms with Gasteiger partial charge >= 0.3 is 0 Å². The zero-order valence-corrected chi connectivity index (χ0v) is 15.9. The minimum Gasteiger partial charge on any atom is -0.507 e. The van der Waals surface area contributed by atoms with Gasteiger partial charge in [0.15, 0.2) is 0 Å². The van der Waals surface area contributed by atoms with Gasteiger partial charge in [-0.3, -0.25) is 0 Å². The predicted octanol–water partition coefficient (Wildman–Crippen LogP) is 5.17. The van der Waals surface area contributed by atoms with Crippen LogP contribution >= 0.6 is 0 Å². The summed E-state index contributed by atoms with van der Waals surface area (Å²) >= 11 is 0. The first kappa shape index (κ1) is 19.4. The van der Waals surface area contributed by atoms with Crippen molar-refractivity contribution in [3.05, 3.63) is 46.5 Å². The Morgan fingerprint density at radius 1 is 1.28 bits per heavy atom. The van der Waals surface area contributed by atoms with Crippen LogP contribution in [0.15, 0.2) is 35.2 Å². The Morgan fingerprint density at radius 3 is 2.60 bits per heavy atom. The highest BCUT2D eigenvalue weighted by Gasteiger charge is 2.27. The van der Waals surface area contributed by atoms with Crippen LogP contribution in [0.1, 0.15) is 65.4 Å². The maximum atomic E-state index is 13.2. The minimum atomic E-state index is -0.431. The van der Waals surface area contributed by atoms with Crippen molar-refractivity contribution < 1.29 is 9.50 Å². The second-order valence-corrected chi connectivity index (χ2v) is 6.92. The third kappa shape index (κ3) is 4.17. The van der Waals surface area contributed by atoms with Crippen LogP contribution in [0.2, 0.25) is 0 Å². The Labute approximate surface area is 151 Å². The molecule has 0 bridgehead atoms. The topological polar surface area (TPSA) is 49.5 Å². The van der Waals surface area contributed by atoms with E-state index in [1.807, 2.05) is 13.8 Å². The summed E-state index contributed by atoms with van der Waals surface area (Å²) in [4.78, 5) is 2.34. The van der Waals surface area contributed by atoms with Gasteiger partial charge in [0.2, 0.25) is 0 Å². The average molecular weight is 346 g/mol.